The Morgan fingerprint density at radius 3 is 3.00 bits per heavy atom. The maximum absolute atomic E-state index is 12.5. The summed E-state index contributed by atoms with van der Waals surface area (Å²) in [6.07, 6.45) is 2.71. The van der Waals surface area contributed by atoms with Gasteiger partial charge in [-0.3, -0.25) is 9.78 Å². The molecule has 2 aromatic rings. The molecule has 4 heterocycles. The molecular weight excluding hydrogens is 322 g/mol. The molecule has 0 aliphatic carbocycles. The molecule has 2 aliphatic rings. The zero-order valence-corrected chi connectivity index (χ0v) is 13.7. The highest BCUT2D eigenvalue weighted by molar-refractivity contribution is 5.95. The van der Waals surface area contributed by atoms with E-state index < -0.39 is 5.97 Å². The molecule has 0 spiro atoms. The van der Waals surface area contributed by atoms with Gasteiger partial charge in [-0.15, -0.1) is 0 Å². The number of piperidine rings is 1. The fourth-order valence-corrected chi connectivity index (χ4v) is 3.47. The second-order valence-electron chi connectivity index (χ2n) is 6.35. The molecule has 2 unspecified atom stereocenters. The van der Waals surface area contributed by atoms with Crippen LogP contribution in [0.1, 0.15) is 22.7 Å². The van der Waals surface area contributed by atoms with Gasteiger partial charge in [-0.2, -0.15) is 0 Å². The summed E-state index contributed by atoms with van der Waals surface area (Å²) in [6.45, 7) is 3.10. The highest BCUT2D eigenvalue weighted by atomic mass is 16.5. The molecule has 2 aromatic heterocycles. The molecule has 7 heteroatoms. The predicted octanol–water partition coefficient (Wildman–Crippen LogP) is 0.786. The van der Waals surface area contributed by atoms with E-state index >= 15 is 0 Å². The lowest BCUT2D eigenvalue weighted by Gasteiger charge is -2.22. The van der Waals surface area contributed by atoms with Gasteiger partial charge in [0.05, 0.1) is 7.11 Å². The smallest absolute Gasteiger partial charge is 0.384 e. The number of hydrogen-bond donors (Lipinski definition) is 1. The number of nitrogens with zero attached hydrogens (tertiary/aromatic N) is 2. The second kappa shape index (κ2) is 6.22. The molecule has 2 aliphatic heterocycles. The average molecular weight is 339 g/mol. The van der Waals surface area contributed by atoms with Crippen LogP contribution in [0.25, 0.3) is 11.0 Å². The minimum Gasteiger partial charge on any atom is -0.459 e. The minimum atomic E-state index is -0.639. The highest BCUT2D eigenvalue weighted by Gasteiger charge is 2.38. The summed E-state index contributed by atoms with van der Waals surface area (Å²) in [6, 6.07) is 3.46. The fraction of sp³-hybridized carbons (Fsp3) is 0.389. The molecule has 2 saturated heterocycles. The molecule has 4 rings (SSSR count). The van der Waals surface area contributed by atoms with Gasteiger partial charge in [0.25, 0.3) is 5.91 Å². The van der Waals surface area contributed by atoms with Crippen molar-refractivity contribution in [3.8, 4) is 11.8 Å². The Bertz CT molecular complexity index is 908. The van der Waals surface area contributed by atoms with Gasteiger partial charge in [0, 0.05) is 48.8 Å². The summed E-state index contributed by atoms with van der Waals surface area (Å²) in [5, 5.41) is 3.79. The first kappa shape index (κ1) is 15.7. The van der Waals surface area contributed by atoms with Crippen LogP contribution >= 0.6 is 0 Å². The van der Waals surface area contributed by atoms with Crippen molar-refractivity contribution in [2.45, 2.75) is 12.5 Å². The lowest BCUT2D eigenvalue weighted by Crippen LogP contribution is -2.43. The number of hydrogen-bond acceptors (Lipinski definition) is 6. The molecule has 3 atom stereocenters. The van der Waals surface area contributed by atoms with Crippen LogP contribution in [0.3, 0.4) is 0 Å². The number of ether oxygens (including phenoxy) is 1. The third-order valence-electron chi connectivity index (χ3n) is 4.76. The first-order valence-electron chi connectivity index (χ1n) is 8.15. The largest absolute Gasteiger partial charge is 0.459 e. The standard InChI is InChI=1S/C18H17N3O4/c1-24-17(22)3-2-13-6-12-8-19-14(7-16(12)25-13)18(23)20-15-10-21-5-4-11(15)9-21/h6-8,11,15H,4-5,9-10H2,1H3,(H,20,23)/t11-,15?/m0/s1. The van der Waals surface area contributed by atoms with Crippen molar-refractivity contribution < 1.29 is 18.7 Å². The monoisotopic (exact) mass is 339 g/mol. The topological polar surface area (TPSA) is 84.7 Å². The number of pyridine rings is 1. The van der Waals surface area contributed by atoms with E-state index in [-0.39, 0.29) is 11.9 Å². The van der Waals surface area contributed by atoms with Crippen LogP contribution in [0.4, 0.5) is 0 Å². The summed E-state index contributed by atoms with van der Waals surface area (Å²) in [4.78, 5) is 30.1. The molecule has 25 heavy (non-hydrogen) atoms. The van der Waals surface area contributed by atoms with Crippen molar-refractivity contribution in [2.24, 2.45) is 5.92 Å². The highest BCUT2D eigenvalue weighted by Crippen LogP contribution is 2.28. The van der Waals surface area contributed by atoms with E-state index in [1.54, 1.807) is 18.3 Å². The fourth-order valence-electron chi connectivity index (χ4n) is 3.47. The minimum absolute atomic E-state index is 0.192. The third kappa shape index (κ3) is 3.08. The van der Waals surface area contributed by atoms with Crippen LogP contribution in [0.15, 0.2) is 22.7 Å². The number of carbonyl (C=O) groups is 2. The van der Waals surface area contributed by atoms with E-state index in [1.165, 1.54) is 7.11 Å². The van der Waals surface area contributed by atoms with Crippen molar-refractivity contribution >= 4 is 22.8 Å². The van der Waals surface area contributed by atoms with Crippen LogP contribution in [-0.2, 0) is 9.53 Å². The molecule has 1 N–H and O–H groups in total. The number of amides is 1. The van der Waals surface area contributed by atoms with Crippen LogP contribution in [0, 0.1) is 17.8 Å². The Kier molecular flexibility index (Phi) is 3.90. The normalized spacial score (nSPS) is 24.0. The number of furan rings is 1. The maximum atomic E-state index is 12.5. The van der Waals surface area contributed by atoms with Gasteiger partial charge in [0.1, 0.15) is 11.3 Å². The Balaban J connectivity index is 1.51. The molecule has 0 saturated carbocycles. The Labute approximate surface area is 144 Å². The van der Waals surface area contributed by atoms with Crippen LogP contribution in [-0.4, -0.2) is 54.5 Å². The molecular formula is C18H17N3O4. The van der Waals surface area contributed by atoms with Gasteiger partial charge in [0.15, 0.2) is 5.76 Å². The van der Waals surface area contributed by atoms with Gasteiger partial charge in [-0.25, -0.2) is 4.79 Å². The number of esters is 1. The summed E-state index contributed by atoms with van der Waals surface area (Å²) >= 11 is 0. The second-order valence-corrected chi connectivity index (χ2v) is 6.35. The Morgan fingerprint density at radius 1 is 1.40 bits per heavy atom. The van der Waals surface area contributed by atoms with Gasteiger partial charge >= 0.3 is 5.97 Å². The van der Waals surface area contributed by atoms with Crippen molar-refractivity contribution in [3.63, 3.8) is 0 Å². The summed E-state index contributed by atoms with van der Waals surface area (Å²) < 4.78 is 10.0. The first-order valence-corrected chi connectivity index (χ1v) is 8.15. The molecule has 128 valence electrons. The number of nitrogens with one attached hydrogen (secondary N) is 1. The molecule has 2 fully saturated rings. The van der Waals surface area contributed by atoms with E-state index in [0.717, 1.165) is 31.4 Å². The molecule has 0 radical (unpaired) electrons. The van der Waals surface area contributed by atoms with Gasteiger partial charge in [-0.1, -0.05) is 0 Å². The quantitative estimate of drug-likeness (QED) is 0.643. The van der Waals surface area contributed by atoms with E-state index in [1.807, 2.05) is 0 Å². The van der Waals surface area contributed by atoms with E-state index in [4.69, 9.17) is 4.42 Å². The van der Waals surface area contributed by atoms with Gasteiger partial charge < -0.3 is 19.4 Å². The number of rotatable bonds is 2. The van der Waals surface area contributed by atoms with Crippen molar-refractivity contribution in [1.29, 1.82) is 0 Å². The predicted molar refractivity (Wildman–Crippen MR) is 88.7 cm³/mol. The number of aromatic nitrogens is 1. The Hall–Kier alpha value is -2.85. The zero-order valence-electron chi connectivity index (χ0n) is 13.7. The molecule has 2 bridgehead atoms. The SMILES string of the molecule is COC(=O)C#Cc1cc2cnc(C(=O)NC3CN4CC[C@H]3C4)cc2o1. The first-order chi connectivity index (χ1) is 12.1. The average Bonchev–Trinajstić information content (AvgIpc) is 3.33. The lowest BCUT2D eigenvalue weighted by molar-refractivity contribution is -0.133. The lowest BCUT2D eigenvalue weighted by atomic mass is 10.00. The van der Waals surface area contributed by atoms with Crippen LogP contribution in [0.2, 0.25) is 0 Å². The molecule has 0 aromatic carbocycles. The number of methoxy groups -OCH3 is 1. The molecule has 7 nitrogen and oxygen atoms in total. The van der Waals surface area contributed by atoms with Gasteiger partial charge in [0.2, 0.25) is 0 Å². The number of carbonyl (C=O) groups excluding carboxylic acids is 2. The van der Waals surface area contributed by atoms with Crippen molar-refractivity contribution in [2.75, 3.05) is 26.7 Å². The summed E-state index contributed by atoms with van der Waals surface area (Å²) in [5.41, 5.74) is 0.818. The third-order valence-corrected chi connectivity index (χ3v) is 4.76. The van der Waals surface area contributed by atoms with E-state index in [0.29, 0.717) is 23.0 Å². The van der Waals surface area contributed by atoms with Crippen LogP contribution in [0.5, 0.6) is 0 Å². The number of fused-ring (bicyclic) bond motifs is 3. The zero-order chi connectivity index (χ0) is 17.4. The van der Waals surface area contributed by atoms with Gasteiger partial charge in [-0.05, 0) is 24.8 Å². The van der Waals surface area contributed by atoms with E-state index in [2.05, 4.69) is 31.8 Å². The molecule has 1 amide bonds. The maximum Gasteiger partial charge on any atom is 0.384 e. The van der Waals surface area contributed by atoms with E-state index in [9.17, 15) is 9.59 Å². The van der Waals surface area contributed by atoms with Crippen molar-refractivity contribution in [3.05, 3.63) is 29.8 Å². The van der Waals surface area contributed by atoms with Crippen LogP contribution < -0.4 is 5.32 Å². The summed E-state index contributed by atoms with van der Waals surface area (Å²) in [5.74, 6) is 4.91. The van der Waals surface area contributed by atoms with Crippen molar-refractivity contribution in [1.82, 2.24) is 15.2 Å². The Morgan fingerprint density at radius 2 is 2.28 bits per heavy atom. The summed E-state index contributed by atoms with van der Waals surface area (Å²) in [7, 11) is 1.26.